The number of carbonyl (C=O) groups excluding carboxylic acids is 1. The van der Waals surface area contributed by atoms with Gasteiger partial charge in [0.05, 0.1) is 6.20 Å². The summed E-state index contributed by atoms with van der Waals surface area (Å²) >= 11 is 0. The first-order valence-electron chi connectivity index (χ1n) is 3.62. The Morgan fingerprint density at radius 2 is 2.54 bits per heavy atom. The first-order valence-corrected chi connectivity index (χ1v) is 3.62. The largest absolute Gasteiger partial charge is 0.358 e. The molecule has 2 N–H and O–H groups in total. The maximum absolute atomic E-state index is 11.2. The van der Waals surface area contributed by atoms with E-state index in [1.165, 1.54) is 0 Å². The molecule has 1 aromatic rings. The fraction of sp³-hybridized carbons (Fsp3) is 0.333. The Morgan fingerprint density at radius 3 is 3.08 bits per heavy atom. The van der Waals surface area contributed by atoms with Crippen molar-refractivity contribution >= 4 is 11.7 Å². The van der Waals surface area contributed by atoms with Gasteiger partial charge >= 0.3 is 5.82 Å². The highest BCUT2D eigenvalue weighted by molar-refractivity contribution is 5.97. The normalized spacial score (nSPS) is 9.62. The predicted octanol–water partition coefficient (Wildman–Crippen LogP) is 0.0676. The molecule has 0 aliphatic carbocycles. The van der Waals surface area contributed by atoms with Crippen LogP contribution in [0.5, 0.6) is 0 Å². The molecule has 0 aliphatic rings. The van der Waals surface area contributed by atoms with Gasteiger partial charge in [-0.3, -0.25) is 4.79 Å². The summed E-state index contributed by atoms with van der Waals surface area (Å²) in [5.41, 5.74) is -0.0492. The van der Waals surface area contributed by atoms with Crippen LogP contribution in [-0.2, 0) is 0 Å². The Morgan fingerprint density at radius 1 is 1.85 bits per heavy atom. The first kappa shape index (κ1) is 9.17. The van der Waals surface area contributed by atoms with Gasteiger partial charge in [0.15, 0.2) is 5.56 Å². The Kier molecular flexibility index (Phi) is 2.58. The summed E-state index contributed by atoms with van der Waals surface area (Å²) in [5, 5.41) is 18.3. The van der Waals surface area contributed by atoms with E-state index in [4.69, 9.17) is 0 Å². The molecule has 0 aromatic carbocycles. The lowest BCUT2D eigenvalue weighted by Gasteiger charge is -1.97. The number of hydrogen-bond acceptors (Lipinski definition) is 4. The fourth-order valence-corrected chi connectivity index (χ4v) is 0.840. The Bertz CT molecular complexity index is 332. The molecule has 1 rings (SSSR count). The van der Waals surface area contributed by atoms with E-state index in [0.717, 1.165) is 6.20 Å². The summed E-state index contributed by atoms with van der Waals surface area (Å²) in [6.07, 6.45) is 1.13. The molecule has 0 unspecified atom stereocenters. The van der Waals surface area contributed by atoms with Crippen LogP contribution in [0.4, 0.5) is 5.82 Å². The molecule has 0 saturated carbocycles. The SMILES string of the molecule is CCNC(=O)c1cn[nH]c1[N+](=O)[O-]. The third-order valence-electron chi connectivity index (χ3n) is 1.38. The summed E-state index contributed by atoms with van der Waals surface area (Å²) in [5.74, 6) is -0.881. The summed E-state index contributed by atoms with van der Waals surface area (Å²) in [4.78, 5) is 20.8. The van der Waals surface area contributed by atoms with Crippen molar-refractivity contribution in [2.45, 2.75) is 6.92 Å². The molecule has 0 saturated heterocycles. The second-order valence-electron chi connectivity index (χ2n) is 2.25. The Balaban J connectivity index is 2.93. The molecular weight excluding hydrogens is 176 g/mol. The van der Waals surface area contributed by atoms with Crippen LogP contribution in [0, 0.1) is 10.1 Å². The molecule has 0 radical (unpaired) electrons. The zero-order chi connectivity index (χ0) is 9.84. The molecule has 1 amide bonds. The summed E-state index contributed by atoms with van der Waals surface area (Å²) in [7, 11) is 0. The molecule has 0 fully saturated rings. The van der Waals surface area contributed by atoms with Crippen molar-refractivity contribution in [2.75, 3.05) is 6.54 Å². The number of nitro groups is 1. The molecule has 1 heterocycles. The average Bonchev–Trinajstić information content (AvgIpc) is 2.52. The van der Waals surface area contributed by atoms with Gasteiger partial charge in [0.25, 0.3) is 5.91 Å². The summed E-state index contributed by atoms with van der Waals surface area (Å²) in [6.45, 7) is 2.14. The van der Waals surface area contributed by atoms with Gasteiger partial charge in [-0.15, -0.1) is 5.10 Å². The van der Waals surface area contributed by atoms with E-state index >= 15 is 0 Å². The van der Waals surface area contributed by atoms with E-state index in [-0.39, 0.29) is 11.4 Å². The van der Waals surface area contributed by atoms with Crippen molar-refractivity contribution in [3.05, 3.63) is 21.9 Å². The minimum absolute atomic E-state index is 0.0492. The topological polar surface area (TPSA) is 101 Å². The van der Waals surface area contributed by atoms with Gasteiger partial charge in [-0.05, 0) is 11.8 Å². The van der Waals surface area contributed by atoms with Gasteiger partial charge in [0, 0.05) is 6.54 Å². The average molecular weight is 184 g/mol. The Hall–Kier alpha value is -1.92. The van der Waals surface area contributed by atoms with Gasteiger partial charge in [0.2, 0.25) is 0 Å². The number of carbonyl (C=O) groups is 1. The van der Waals surface area contributed by atoms with Crippen molar-refractivity contribution in [1.82, 2.24) is 15.5 Å². The lowest BCUT2D eigenvalue weighted by molar-refractivity contribution is -0.389. The van der Waals surface area contributed by atoms with Gasteiger partial charge in [0.1, 0.15) is 0 Å². The van der Waals surface area contributed by atoms with Crippen LogP contribution >= 0.6 is 0 Å². The van der Waals surface area contributed by atoms with E-state index in [1.807, 2.05) is 0 Å². The van der Waals surface area contributed by atoms with Crippen LogP contribution in [0.15, 0.2) is 6.20 Å². The van der Waals surface area contributed by atoms with E-state index in [9.17, 15) is 14.9 Å². The van der Waals surface area contributed by atoms with E-state index in [2.05, 4.69) is 15.5 Å². The number of amides is 1. The molecule has 7 heteroatoms. The van der Waals surface area contributed by atoms with Gasteiger partial charge in [-0.1, -0.05) is 5.10 Å². The molecule has 7 nitrogen and oxygen atoms in total. The third-order valence-corrected chi connectivity index (χ3v) is 1.38. The van der Waals surface area contributed by atoms with Crippen LogP contribution < -0.4 is 5.32 Å². The van der Waals surface area contributed by atoms with E-state index < -0.39 is 10.8 Å². The second-order valence-corrected chi connectivity index (χ2v) is 2.25. The predicted molar refractivity (Wildman–Crippen MR) is 43.2 cm³/mol. The quantitative estimate of drug-likeness (QED) is 0.512. The maximum atomic E-state index is 11.2. The van der Waals surface area contributed by atoms with Crippen molar-refractivity contribution in [2.24, 2.45) is 0 Å². The number of nitrogens with one attached hydrogen (secondary N) is 2. The van der Waals surface area contributed by atoms with Gasteiger partial charge < -0.3 is 15.4 Å². The van der Waals surface area contributed by atoms with Crippen LogP contribution in [-0.4, -0.2) is 27.6 Å². The maximum Gasteiger partial charge on any atom is 0.355 e. The zero-order valence-electron chi connectivity index (χ0n) is 6.90. The van der Waals surface area contributed by atoms with E-state index in [0.29, 0.717) is 6.54 Å². The van der Waals surface area contributed by atoms with Crippen LogP contribution in [0.3, 0.4) is 0 Å². The molecular formula is C6H8N4O3. The lowest BCUT2D eigenvalue weighted by atomic mass is 10.3. The molecule has 0 atom stereocenters. The van der Waals surface area contributed by atoms with Gasteiger partial charge in [-0.25, -0.2) is 0 Å². The van der Waals surface area contributed by atoms with Gasteiger partial charge in [-0.2, -0.15) is 0 Å². The monoisotopic (exact) mass is 184 g/mol. The molecule has 0 aliphatic heterocycles. The van der Waals surface area contributed by atoms with Crippen LogP contribution in [0.2, 0.25) is 0 Å². The number of aromatic amines is 1. The number of H-pyrrole nitrogens is 1. The van der Waals surface area contributed by atoms with E-state index in [1.54, 1.807) is 6.92 Å². The smallest absolute Gasteiger partial charge is 0.355 e. The number of nitrogens with zero attached hydrogens (tertiary/aromatic N) is 2. The van der Waals surface area contributed by atoms with Crippen molar-refractivity contribution < 1.29 is 9.72 Å². The second kappa shape index (κ2) is 3.65. The minimum Gasteiger partial charge on any atom is -0.358 e. The number of hydrogen-bond donors (Lipinski definition) is 2. The first-order chi connectivity index (χ1) is 6.16. The Labute approximate surface area is 73.3 Å². The minimum atomic E-state index is -0.683. The summed E-state index contributed by atoms with van der Waals surface area (Å²) < 4.78 is 0. The standard InChI is InChI=1S/C6H8N4O3/c1-2-7-6(11)4-3-8-9-5(4)10(12)13/h3H,2H2,1H3,(H,7,11)(H,8,9). The number of aromatic nitrogens is 2. The molecule has 0 spiro atoms. The summed E-state index contributed by atoms with van der Waals surface area (Å²) in [6, 6.07) is 0. The van der Waals surface area contributed by atoms with Crippen LogP contribution in [0.1, 0.15) is 17.3 Å². The number of rotatable bonds is 3. The highest BCUT2D eigenvalue weighted by Gasteiger charge is 2.20. The molecule has 13 heavy (non-hydrogen) atoms. The zero-order valence-corrected chi connectivity index (χ0v) is 6.90. The van der Waals surface area contributed by atoms with Crippen molar-refractivity contribution in [3.8, 4) is 0 Å². The highest BCUT2D eigenvalue weighted by Crippen LogP contribution is 2.12. The third kappa shape index (κ3) is 1.81. The molecule has 70 valence electrons. The van der Waals surface area contributed by atoms with Crippen LogP contribution in [0.25, 0.3) is 0 Å². The van der Waals surface area contributed by atoms with Crippen molar-refractivity contribution in [1.29, 1.82) is 0 Å². The fourth-order valence-electron chi connectivity index (χ4n) is 0.840. The molecule has 1 aromatic heterocycles. The van der Waals surface area contributed by atoms with Crippen molar-refractivity contribution in [3.63, 3.8) is 0 Å². The highest BCUT2D eigenvalue weighted by atomic mass is 16.6. The molecule has 0 bridgehead atoms. The lowest BCUT2D eigenvalue weighted by Crippen LogP contribution is -2.22.